The predicted molar refractivity (Wildman–Crippen MR) is 63.3 cm³/mol. The molecule has 2 heterocycles. The molecule has 0 spiro atoms. The Morgan fingerprint density at radius 3 is 2.55 bits per heavy atom. The molecule has 8 nitrogen and oxygen atoms in total. The van der Waals surface area contributed by atoms with Crippen LogP contribution < -0.4 is 0 Å². The summed E-state index contributed by atoms with van der Waals surface area (Å²) in [5, 5.41) is 38.1. The highest BCUT2D eigenvalue weighted by atomic mass is 16.7. The van der Waals surface area contributed by atoms with Gasteiger partial charge in [0, 0.05) is 6.08 Å². The summed E-state index contributed by atoms with van der Waals surface area (Å²) in [6.45, 7) is 1.08. The van der Waals surface area contributed by atoms with Gasteiger partial charge in [-0.05, 0) is 13.0 Å². The van der Waals surface area contributed by atoms with E-state index in [2.05, 4.69) is 0 Å². The molecule has 8 heteroatoms. The summed E-state index contributed by atoms with van der Waals surface area (Å²) in [7, 11) is 0. The molecule has 7 unspecified atom stereocenters. The number of hydrogen-bond acceptors (Lipinski definition) is 8. The lowest BCUT2D eigenvalue weighted by molar-refractivity contribution is -0.313. The first-order valence-corrected chi connectivity index (χ1v) is 6.29. The van der Waals surface area contributed by atoms with Crippen molar-refractivity contribution in [3.8, 4) is 0 Å². The van der Waals surface area contributed by atoms with E-state index in [-0.39, 0.29) is 0 Å². The molecule has 0 amide bonds. The van der Waals surface area contributed by atoms with Crippen LogP contribution in [0.1, 0.15) is 6.92 Å². The lowest BCUT2D eigenvalue weighted by atomic mass is 9.99. The molecule has 1 fully saturated rings. The van der Waals surface area contributed by atoms with Crippen LogP contribution in [0.15, 0.2) is 12.2 Å². The van der Waals surface area contributed by atoms with Gasteiger partial charge in [-0.15, -0.1) is 0 Å². The Morgan fingerprint density at radius 2 is 2.00 bits per heavy atom. The van der Waals surface area contributed by atoms with Crippen LogP contribution in [0.3, 0.4) is 0 Å². The van der Waals surface area contributed by atoms with Crippen LogP contribution in [0, 0.1) is 0 Å². The second-order valence-electron chi connectivity index (χ2n) is 4.80. The van der Waals surface area contributed by atoms with Gasteiger partial charge in [0.15, 0.2) is 6.29 Å². The molecule has 4 N–H and O–H groups in total. The molecule has 114 valence electrons. The largest absolute Gasteiger partial charge is 0.452 e. The van der Waals surface area contributed by atoms with Crippen LogP contribution in [0.5, 0.6) is 0 Å². The number of ether oxygens (including phenoxy) is 3. The third-order valence-electron chi connectivity index (χ3n) is 3.33. The van der Waals surface area contributed by atoms with Gasteiger partial charge in [-0.3, -0.25) is 0 Å². The highest BCUT2D eigenvalue weighted by molar-refractivity contribution is 5.84. The van der Waals surface area contributed by atoms with Crippen molar-refractivity contribution in [1.29, 1.82) is 0 Å². The van der Waals surface area contributed by atoms with E-state index in [1.807, 2.05) is 0 Å². The molecule has 0 saturated carbocycles. The molecule has 1 saturated heterocycles. The molecule has 0 aromatic heterocycles. The molecule has 0 bridgehead atoms. The maximum Gasteiger partial charge on any atom is 0.331 e. The zero-order valence-corrected chi connectivity index (χ0v) is 10.8. The summed E-state index contributed by atoms with van der Waals surface area (Å²) in [6, 6.07) is 0. The fourth-order valence-corrected chi connectivity index (χ4v) is 2.11. The summed E-state index contributed by atoms with van der Waals surface area (Å²) in [5.41, 5.74) is 0. The van der Waals surface area contributed by atoms with E-state index in [1.54, 1.807) is 6.92 Å². The van der Waals surface area contributed by atoms with Crippen molar-refractivity contribution in [1.82, 2.24) is 0 Å². The number of carbonyl (C=O) groups excluding carboxylic acids is 1. The number of hydrogen-bond donors (Lipinski definition) is 4. The number of rotatable bonds is 4. The van der Waals surface area contributed by atoms with Crippen LogP contribution >= 0.6 is 0 Å². The molecular formula is C12H18O8. The molecule has 7 atom stereocenters. The molecule has 0 aromatic rings. The van der Waals surface area contributed by atoms with Crippen LogP contribution in [0.4, 0.5) is 0 Å². The highest BCUT2D eigenvalue weighted by Gasteiger charge is 2.45. The van der Waals surface area contributed by atoms with Gasteiger partial charge in [-0.1, -0.05) is 0 Å². The minimum absolute atomic E-state index is 0.487. The van der Waals surface area contributed by atoms with E-state index >= 15 is 0 Å². The molecule has 0 aliphatic carbocycles. The van der Waals surface area contributed by atoms with Crippen molar-refractivity contribution < 1.29 is 39.4 Å². The van der Waals surface area contributed by atoms with E-state index in [4.69, 9.17) is 19.3 Å². The Labute approximate surface area is 115 Å². The number of carbonyl (C=O) groups is 1. The zero-order chi connectivity index (χ0) is 14.9. The lowest BCUT2D eigenvalue weighted by Gasteiger charge is -2.40. The predicted octanol–water partition coefficient (Wildman–Crippen LogP) is -2.33. The van der Waals surface area contributed by atoms with E-state index < -0.39 is 55.5 Å². The summed E-state index contributed by atoms with van der Waals surface area (Å²) in [4.78, 5) is 11.0. The Morgan fingerprint density at radius 1 is 1.30 bits per heavy atom. The quantitative estimate of drug-likeness (QED) is 0.425. The molecule has 2 aliphatic rings. The standard InChI is InChI=1S/C12H18O8/c1-5(6-2-3-8(14)19-6)18-12-11(17)10(16)9(15)7(4-13)20-12/h2-3,5-7,9-13,15-17H,4H2,1H3. The number of aliphatic hydroxyl groups is 4. The zero-order valence-electron chi connectivity index (χ0n) is 10.8. The average Bonchev–Trinajstić information content (AvgIpc) is 2.86. The maximum atomic E-state index is 11.0. The number of esters is 1. The maximum absolute atomic E-state index is 11.0. The minimum Gasteiger partial charge on any atom is -0.452 e. The second kappa shape index (κ2) is 6.17. The summed E-state index contributed by atoms with van der Waals surface area (Å²) in [5.74, 6) is -0.487. The van der Waals surface area contributed by atoms with Gasteiger partial charge in [-0.2, -0.15) is 0 Å². The van der Waals surface area contributed by atoms with Gasteiger partial charge >= 0.3 is 5.97 Å². The van der Waals surface area contributed by atoms with Crippen molar-refractivity contribution in [2.75, 3.05) is 6.61 Å². The molecule has 0 radical (unpaired) electrons. The fraction of sp³-hybridized carbons (Fsp3) is 0.750. The van der Waals surface area contributed by atoms with Gasteiger partial charge < -0.3 is 34.6 Å². The van der Waals surface area contributed by atoms with E-state index in [1.165, 1.54) is 12.2 Å². The van der Waals surface area contributed by atoms with Crippen LogP contribution in [-0.4, -0.2) is 75.9 Å². The van der Waals surface area contributed by atoms with Crippen molar-refractivity contribution in [2.24, 2.45) is 0 Å². The first kappa shape index (κ1) is 15.4. The van der Waals surface area contributed by atoms with Gasteiger partial charge in [0.05, 0.1) is 12.7 Å². The average molecular weight is 290 g/mol. The van der Waals surface area contributed by atoms with Crippen molar-refractivity contribution in [2.45, 2.75) is 49.8 Å². The Kier molecular flexibility index (Phi) is 4.74. The fourth-order valence-electron chi connectivity index (χ4n) is 2.11. The normalized spacial score (nSPS) is 42.5. The van der Waals surface area contributed by atoms with Crippen molar-refractivity contribution >= 4 is 5.97 Å². The summed E-state index contributed by atoms with van der Waals surface area (Å²) < 4.78 is 15.5. The summed E-state index contributed by atoms with van der Waals surface area (Å²) in [6.07, 6.45) is -5.16. The minimum atomic E-state index is -1.50. The van der Waals surface area contributed by atoms with Crippen molar-refractivity contribution in [3.63, 3.8) is 0 Å². The number of aliphatic hydroxyl groups excluding tert-OH is 4. The van der Waals surface area contributed by atoms with Crippen LogP contribution in [-0.2, 0) is 19.0 Å². The third-order valence-corrected chi connectivity index (χ3v) is 3.33. The molecule has 0 aromatic carbocycles. The monoisotopic (exact) mass is 290 g/mol. The Balaban J connectivity index is 1.97. The van der Waals surface area contributed by atoms with Gasteiger partial charge in [0.25, 0.3) is 0 Å². The molecule has 20 heavy (non-hydrogen) atoms. The van der Waals surface area contributed by atoms with E-state index in [0.717, 1.165) is 0 Å². The smallest absolute Gasteiger partial charge is 0.331 e. The third kappa shape index (κ3) is 3.00. The van der Waals surface area contributed by atoms with Gasteiger partial charge in [-0.25, -0.2) is 4.79 Å². The molecular weight excluding hydrogens is 272 g/mol. The van der Waals surface area contributed by atoms with Gasteiger partial charge in [0.1, 0.15) is 30.5 Å². The first-order valence-electron chi connectivity index (χ1n) is 6.29. The molecule has 2 aliphatic heterocycles. The SMILES string of the molecule is CC(OC1OC(CO)C(O)C(O)C1O)C1C=CC(=O)O1. The molecule has 2 rings (SSSR count). The van der Waals surface area contributed by atoms with Crippen LogP contribution in [0.25, 0.3) is 0 Å². The van der Waals surface area contributed by atoms with Crippen LogP contribution in [0.2, 0.25) is 0 Å². The Bertz CT molecular complexity index is 382. The second-order valence-corrected chi connectivity index (χ2v) is 4.80. The van der Waals surface area contributed by atoms with E-state index in [0.29, 0.717) is 0 Å². The topological polar surface area (TPSA) is 126 Å². The van der Waals surface area contributed by atoms with Gasteiger partial charge in [0.2, 0.25) is 0 Å². The highest BCUT2D eigenvalue weighted by Crippen LogP contribution is 2.24. The first-order chi connectivity index (χ1) is 9.43. The lowest BCUT2D eigenvalue weighted by Crippen LogP contribution is -2.60. The summed E-state index contributed by atoms with van der Waals surface area (Å²) >= 11 is 0. The Hall–Kier alpha value is -1.03. The number of cyclic esters (lactones) is 1. The van der Waals surface area contributed by atoms with E-state index in [9.17, 15) is 20.1 Å². The van der Waals surface area contributed by atoms with Crippen molar-refractivity contribution in [3.05, 3.63) is 12.2 Å².